The van der Waals surface area contributed by atoms with Crippen molar-refractivity contribution >= 4 is 34.5 Å². The number of hydrogen-bond donors (Lipinski definition) is 4. The summed E-state index contributed by atoms with van der Waals surface area (Å²) in [5, 5.41) is 27.3. The van der Waals surface area contributed by atoms with Gasteiger partial charge in [0.05, 0.1) is 11.3 Å². The standard InChI is InChI=1S/C24H23ClFN7O4/c1-2-28-23(36)19-17(34)18(35)24(37-19)33-11-30-16-21(29-8-12-4-3-5-15(26)6-12)31-20(32-22(16)33)13-7-14(25)10-27-9-13/h3-7,9-11,17-19,24,34-35H,2,8H2,1H3,(H,28,36)(H,29,31,32)/t17?,18?,19-,24?/m1/s1. The summed E-state index contributed by atoms with van der Waals surface area (Å²) in [4.78, 5) is 30.0. The average molecular weight is 528 g/mol. The van der Waals surface area contributed by atoms with E-state index in [2.05, 4.69) is 30.6 Å². The number of hydrogen-bond acceptors (Lipinski definition) is 9. The fourth-order valence-electron chi connectivity index (χ4n) is 4.10. The molecule has 0 spiro atoms. The molecule has 1 aliphatic rings. The maximum atomic E-state index is 13.7. The number of fused-ring (bicyclic) bond motifs is 1. The van der Waals surface area contributed by atoms with Crippen molar-refractivity contribution in [1.29, 1.82) is 0 Å². The summed E-state index contributed by atoms with van der Waals surface area (Å²) in [5.74, 6) is -0.330. The van der Waals surface area contributed by atoms with Crippen LogP contribution in [0.4, 0.5) is 10.2 Å². The van der Waals surface area contributed by atoms with Crippen molar-refractivity contribution in [3.05, 3.63) is 65.5 Å². The number of rotatable bonds is 7. The van der Waals surface area contributed by atoms with E-state index in [1.807, 2.05) is 0 Å². The molecule has 11 nitrogen and oxygen atoms in total. The molecule has 0 aliphatic carbocycles. The van der Waals surface area contributed by atoms with Crippen molar-refractivity contribution < 1.29 is 24.1 Å². The van der Waals surface area contributed by atoms with Crippen LogP contribution in [0.1, 0.15) is 18.7 Å². The molecule has 0 saturated carbocycles. The van der Waals surface area contributed by atoms with Crippen molar-refractivity contribution in [1.82, 2.24) is 29.8 Å². The number of nitrogens with zero attached hydrogens (tertiary/aromatic N) is 5. The number of pyridine rings is 1. The number of benzene rings is 1. The molecule has 1 aromatic carbocycles. The van der Waals surface area contributed by atoms with Crippen LogP contribution in [0.2, 0.25) is 5.02 Å². The van der Waals surface area contributed by atoms with Gasteiger partial charge in [0.2, 0.25) is 0 Å². The van der Waals surface area contributed by atoms with Gasteiger partial charge in [-0.3, -0.25) is 14.3 Å². The molecule has 37 heavy (non-hydrogen) atoms. The predicted molar refractivity (Wildman–Crippen MR) is 132 cm³/mol. The zero-order valence-corrected chi connectivity index (χ0v) is 20.3. The Hall–Kier alpha value is -3.71. The minimum absolute atomic E-state index is 0.241. The normalized spacial score (nSPS) is 21.3. The van der Waals surface area contributed by atoms with E-state index in [9.17, 15) is 19.4 Å². The Bertz CT molecular complexity index is 1450. The minimum Gasteiger partial charge on any atom is -0.387 e. The summed E-state index contributed by atoms with van der Waals surface area (Å²) in [6.07, 6.45) is -0.918. The average Bonchev–Trinajstić information content (AvgIpc) is 3.43. The second-order valence-corrected chi connectivity index (χ2v) is 8.85. The Balaban J connectivity index is 1.56. The number of anilines is 1. The molecule has 0 radical (unpaired) electrons. The largest absolute Gasteiger partial charge is 0.387 e. The van der Waals surface area contributed by atoms with Crippen LogP contribution in [0.3, 0.4) is 0 Å². The minimum atomic E-state index is -1.46. The summed E-state index contributed by atoms with van der Waals surface area (Å²) in [7, 11) is 0. The molecule has 3 unspecified atom stereocenters. The van der Waals surface area contributed by atoms with Gasteiger partial charge in [0.15, 0.2) is 35.1 Å². The molecule has 4 atom stereocenters. The van der Waals surface area contributed by atoms with Gasteiger partial charge < -0.3 is 25.6 Å². The number of aliphatic hydroxyl groups is 2. The van der Waals surface area contributed by atoms with E-state index in [1.165, 1.54) is 29.2 Å². The highest BCUT2D eigenvalue weighted by Crippen LogP contribution is 2.34. The van der Waals surface area contributed by atoms with E-state index in [0.717, 1.165) is 0 Å². The van der Waals surface area contributed by atoms with Gasteiger partial charge in [0.25, 0.3) is 5.91 Å². The fourth-order valence-corrected chi connectivity index (χ4v) is 4.28. The van der Waals surface area contributed by atoms with Gasteiger partial charge in [0, 0.05) is 31.0 Å². The lowest BCUT2D eigenvalue weighted by atomic mass is 10.1. The zero-order chi connectivity index (χ0) is 26.1. The molecule has 4 aromatic rings. The topological polar surface area (TPSA) is 147 Å². The molecule has 192 valence electrons. The number of amides is 1. The zero-order valence-electron chi connectivity index (χ0n) is 19.5. The quantitative estimate of drug-likeness (QED) is 0.283. The van der Waals surface area contributed by atoms with Gasteiger partial charge in [0.1, 0.15) is 18.0 Å². The number of likely N-dealkylation sites (N-methyl/N-ethyl adjacent to an activating group) is 1. The van der Waals surface area contributed by atoms with Crippen LogP contribution in [-0.4, -0.2) is 65.5 Å². The predicted octanol–water partition coefficient (Wildman–Crippen LogP) is 2.05. The van der Waals surface area contributed by atoms with Gasteiger partial charge >= 0.3 is 0 Å². The van der Waals surface area contributed by atoms with Gasteiger partial charge in [-0.2, -0.15) is 0 Å². The van der Waals surface area contributed by atoms with Crippen molar-refractivity contribution in [3.63, 3.8) is 0 Å². The number of aromatic nitrogens is 5. The molecule has 5 rings (SSSR count). The van der Waals surface area contributed by atoms with Crippen LogP contribution in [0, 0.1) is 5.82 Å². The van der Waals surface area contributed by atoms with Gasteiger partial charge in [-0.25, -0.2) is 19.3 Å². The first-order valence-corrected chi connectivity index (χ1v) is 11.9. The highest BCUT2D eigenvalue weighted by atomic mass is 35.5. The number of halogens is 2. The SMILES string of the molecule is CCNC(=O)[C@@H]1OC(n2cnc3c(NCc4cccc(F)c4)nc(-c4cncc(Cl)c4)nc32)C(O)C1O. The summed E-state index contributed by atoms with van der Waals surface area (Å²) in [5.41, 5.74) is 1.80. The molecule has 1 fully saturated rings. The Kier molecular flexibility index (Phi) is 6.98. The highest BCUT2D eigenvalue weighted by molar-refractivity contribution is 6.30. The molecule has 1 saturated heterocycles. The van der Waals surface area contributed by atoms with Crippen LogP contribution in [0.15, 0.2) is 49.1 Å². The number of ether oxygens (including phenoxy) is 1. The number of nitrogens with one attached hydrogen (secondary N) is 2. The number of imidazole rings is 1. The molecular weight excluding hydrogens is 505 g/mol. The monoisotopic (exact) mass is 527 g/mol. The number of carbonyl (C=O) groups is 1. The van der Waals surface area contributed by atoms with Crippen LogP contribution >= 0.6 is 11.6 Å². The lowest BCUT2D eigenvalue weighted by molar-refractivity contribution is -0.137. The molecule has 3 aromatic heterocycles. The third-order valence-electron chi connectivity index (χ3n) is 5.86. The second-order valence-electron chi connectivity index (χ2n) is 8.42. The third kappa shape index (κ3) is 4.96. The van der Waals surface area contributed by atoms with E-state index in [0.29, 0.717) is 34.0 Å². The number of aliphatic hydroxyl groups excluding tert-OH is 2. The summed E-state index contributed by atoms with van der Waals surface area (Å²) in [6.45, 7) is 2.31. The van der Waals surface area contributed by atoms with Crippen LogP contribution in [0.25, 0.3) is 22.6 Å². The van der Waals surface area contributed by atoms with Gasteiger partial charge in [-0.05, 0) is 30.7 Å². The maximum absolute atomic E-state index is 13.7. The van der Waals surface area contributed by atoms with Crippen molar-refractivity contribution in [2.45, 2.75) is 38.0 Å². The highest BCUT2D eigenvalue weighted by Gasteiger charge is 2.47. The molecule has 0 bridgehead atoms. The van der Waals surface area contributed by atoms with Crippen LogP contribution < -0.4 is 10.6 Å². The first kappa shape index (κ1) is 25.0. The van der Waals surface area contributed by atoms with E-state index >= 15 is 0 Å². The van der Waals surface area contributed by atoms with E-state index < -0.39 is 30.4 Å². The van der Waals surface area contributed by atoms with Gasteiger partial charge in [-0.15, -0.1) is 0 Å². The Labute approximate surface area is 215 Å². The van der Waals surface area contributed by atoms with Crippen molar-refractivity contribution in [3.8, 4) is 11.4 Å². The molecule has 4 N–H and O–H groups in total. The molecule has 13 heteroatoms. The Morgan fingerprint density at radius 1 is 1.22 bits per heavy atom. The molecule has 4 heterocycles. The maximum Gasteiger partial charge on any atom is 0.252 e. The van der Waals surface area contributed by atoms with E-state index in [-0.39, 0.29) is 23.8 Å². The van der Waals surface area contributed by atoms with Crippen molar-refractivity contribution in [2.75, 3.05) is 11.9 Å². The first-order chi connectivity index (χ1) is 17.9. The van der Waals surface area contributed by atoms with Crippen LogP contribution in [0.5, 0.6) is 0 Å². The Morgan fingerprint density at radius 2 is 2.05 bits per heavy atom. The number of carbonyl (C=O) groups excluding carboxylic acids is 1. The fraction of sp³-hybridized carbons (Fsp3) is 0.292. The lowest BCUT2D eigenvalue weighted by Gasteiger charge is -2.17. The van der Waals surface area contributed by atoms with Crippen LogP contribution in [-0.2, 0) is 16.1 Å². The van der Waals surface area contributed by atoms with Crippen molar-refractivity contribution in [2.24, 2.45) is 0 Å². The van der Waals surface area contributed by atoms with E-state index in [1.54, 1.807) is 31.3 Å². The summed E-state index contributed by atoms with van der Waals surface area (Å²) in [6, 6.07) is 7.77. The first-order valence-electron chi connectivity index (χ1n) is 11.5. The lowest BCUT2D eigenvalue weighted by Crippen LogP contribution is -2.42. The smallest absolute Gasteiger partial charge is 0.252 e. The second kappa shape index (κ2) is 10.3. The molecule has 1 aliphatic heterocycles. The summed E-state index contributed by atoms with van der Waals surface area (Å²) >= 11 is 6.12. The third-order valence-corrected chi connectivity index (χ3v) is 6.06. The van der Waals surface area contributed by atoms with Gasteiger partial charge in [-0.1, -0.05) is 23.7 Å². The molecule has 1 amide bonds. The molecular formula is C24H23ClFN7O4. The Morgan fingerprint density at radius 3 is 2.81 bits per heavy atom. The summed E-state index contributed by atoms with van der Waals surface area (Å²) < 4.78 is 20.9. The van der Waals surface area contributed by atoms with E-state index in [4.69, 9.17) is 16.3 Å².